The van der Waals surface area contributed by atoms with E-state index in [0.29, 0.717) is 5.71 Å². The number of aliphatic imine (C=N–C) groups is 1. The first kappa shape index (κ1) is 16.9. The van der Waals surface area contributed by atoms with E-state index in [1.165, 1.54) is 19.3 Å². The predicted molar refractivity (Wildman–Crippen MR) is 109 cm³/mol. The quantitative estimate of drug-likeness (QED) is 0.689. The number of para-hydroxylation sites is 1. The third-order valence-corrected chi connectivity index (χ3v) is 5.50. The van der Waals surface area contributed by atoms with Crippen LogP contribution < -0.4 is 4.90 Å². The normalized spacial score (nSPS) is 17.5. The van der Waals surface area contributed by atoms with Gasteiger partial charge < -0.3 is 9.47 Å². The van der Waals surface area contributed by atoms with Crippen LogP contribution in [0.5, 0.6) is 0 Å². The van der Waals surface area contributed by atoms with E-state index in [9.17, 15) is 4.79 Å². The number of fused-ring (bicyclic) bond motifs is 2. The first-order valence-electron chi connectivity index (χ1n) is 9.71. The van der Waals surface area contributed by atoms with Gasteiger partial charge in [0.1, 0.15) is 11.5 Å². The molecule has 1 aromatic heterocycles. The number of hydrogen-bond acceptors (Lipinski definition) is 4. The van der Waals surface area contributed by atoms with Gasteiger partial charge in [0.15, 0.2) is 5.82 Å². The molecule has 28 heavy (non-hydrogen) atoms. The molecular weight excluding hydrogens is 350 g/mol. The maximum Gasteiger partial charge on any atom is 0.277 e. The first-order chi connectivity index (χ1) is 13.7. The summed E-state index contributed by atoms with van der Waals surface area (Å²) in [5.74, 6) is 1.92. The maximum absolute atomic E-state index is 12.6. The molecular formula is C22H21N5O. The zero-order valence-electron chi connectivity index (χ0n) is 15.8. The topological polar surface area (TPSA) is 63.4 Å². The molecule has 0 saturated carbocycles. The Labute approximate surface area is 163 Å². The van der Waals surface area contributed by atoms with Gasteiger partial charge in [0.2, 0.25) is 0 Å². The highest BCUT2D eigenvalue weighted by atomic mass is 16.2. The van der Waals surface area contributed by atoms with Gasteiger partial charge in [-0.3, -0.25) is 4.79 Å². The number of anilines is 1. The smallest absolute Gasteiger partial charge is 0.277 e. The van der Waals surface area contributed by atoms with Gasteiger partial charge in [0.05, 0.1) is 11.4 Å². The van der Waals surface area contributed by atoms with E-state index in [4.69, 9.17) is 0 Å². The van der Waals surface area contributed by atoms with Gasteiger partial charge in [-0.1, -0.05) is 24.6 Å². The molecule has 0 atom stereocenters. The van der Waals surface area contributed by atoms with Crippen molar-refractivity contribution in [2.45, 2.75) is 32.2 Å². The second kappa shape index (κ2) is 6.71. The van der Waals surface area contributed by atoms with Crippen molar-refractivity contribution in [1.29, 1.82) is 0 Å². The van der Waals surface area contributed by atoms with Crippen LogP contribution in [0, 0.1) is 0 Å². The van der Waals surface area contributed by atoms with Crippen molar-refractivity contribution in [2.24, 2.45) is 4.99 Å². The van der Waals surface area contributed by atoms with Crippen LogP contribution >= 0.6 is 0 Å². The highest BCUT2D eigenvalue weighted by Crippen LogP contribution is 2.30. The van der Waals surface area contributed by atoms with Crippen LogP contribution in [0.25, 0.3) is 11.4 Å². The molecule has 3 heterocycles. The van der Waals surface area contributed by atoms with Crippen LogP contribution in [0.2, 0.25) is 0 Å². The number of nitrogens with zero attached hydrogens (tertiary/aromatic N) is 5. The van der Waals surface area contributed by atoms with Crippen LogP contribution in [0.3, 0.4) is 0 Å². The predicted octanol–water partition coefficient (Wildman–Crippen LogP) is 3.77. The summed E-state index contributed by atoms with van der Waals surface area (Å²) in [7, 11) is 1.78. The number of aryl methyl sites for hydroxylation is 1. The van der Waals surface area contributed by atoms with Crippen LogP contribution in [-0.4, -0.2) is 33.4 Å². The number of aromatic nitrogens is 3. The molecule has 1 amide bonds. The fourth-order valence-corrected chi connectivity index (χ4v) is 3.97. The summed E-state index contributed by atoms with van der Waals surface area (Å²) >= 11 is 0. The molecule has 2 aliphatic rings. The van der Waals surface area contributed by atoms with Crippen molar-refractivity contribution in [2.75, 3.05) is 11.9 Å². The molecule has 0 unspecified atom stereocenters. The lowest BCUT2D eigenvalue weighted by molar-refractivity contribution is -0.111. The number of carbonyl (C=O) groups excluding carboxylic acids is 1. The van der Waals surface area contributed by atoms with Crippen LogP contribution in [0.15, 0.2) is 53.5 Å². The van der Waals surface area contributed by atoms with Crippen molar-refractivity contribution in [1.82, 2.24) is 14.8 Å². The monoisotopic (exact) mass is 371 g/mol. The molecule has 6 nitrogen and oxygen atoms in total. The Hall–Kier alpha value is -3.28. The molecule has 0 saturated heterocycles. The Morgan fingerprint density at radius 2 is 1.79 bits per heavy atom. The number of amides is 1. The minimum atomic E-state index is -0.0759. The van der Waals surface area contributed by atoms with Gasteiger partial charge in [-0.05, 0) is 43.2 Å². The van der Waals surface area contributed by atoms with Crippen molar-refractivity contribution < 1.29 is 4.79 Å². The summed E-state index contributed by atoms with van der Waals surface area (Å²) in [6.45, 7) is 0.972. The van der Waals surface area contributed by atoms with Gasteiger partial charge in [0, 0.05) is 31.1 Å². The van der Waals surface area contributed by atoms with Gasteiger partial charge in [-0.15, -0.1) is 10.2 Å². The highest BCUT2D eigenvalue weighted by molar-refractivity contribution is 6.54. The minimum absolute atomic E-state index is 0.0759. The molecule has 0 fully saturated rings. The second-order valence-corrected chi connectivity index (χ2v) is 7.29. The fourth-order valence-electron chi connectivity index (χ4n) is 3.97. The van der Waals surface area contributed by atoms with E-state index in [1.54, 1.807) is 11.9 Å². The lowest BCUT2D eigenvalue weighted by Gasteiger charge is -2.07. The van der Waals surface area contributed by atoms with Crippen molar-refractivity contribution >= 4 is 23.0 Å². The molecule has 0 spiro atoms. The fraction of sp³-hybridized carbons (Fsp3) is 0.273. The molecule has 3 aromatic rings. The summed E-state index contributed by atoms with van der Waals surface area (Å²) in [5, 5.41) is 8.79. The number of likely N-dealkylation sites (N-methyl/N-ethyl adjacent to an activating group) is 1. The van der Waals surface area contributed by atoms with Gasteiger partial charge in [0.25, 0.3) is 5.91 Å². The number of benzene rings is 2. The standard InChI is InChI=1S/C22H21N5O/c1-26-18-8-5-4-7-17(18)20(22(26)28)23-16-12-10-15(11-13-16)21-25-24-19-9-3-2-6-14-27(19)21/h4-5,7-8,10-13H,2-3,6,9,14H2,1H3. The molecule has 0 N–H and O–H groups in total. The summed E-state index contributed by atoms with van der Waals surface area (Å²) < 4.78 is 2.24. The van der Waals surface area contributed by atoms with E-state index in [2.05, 4.69) is 19.8 Å². The Morgan fingerprint density at radius 1 is 0.964 bits per heavy atom. The van der Waals surface area contributed by atoms with Gasteiger partial charge >= 0.3 is 0 Å². The summed E-state index contributed by atoms with van der Waals surface area (Å²) in [6.07, 6.45) is 4.58. The summed E-state index contributed by atoms with van der Waals surface area (Å²) in [5.41, 5.74) is 4.05. The van der Waals surface area contributed by atoms with Crippen molar-refractivity contribution in [3.63, 3.8) is 0 Å². The molecule has 2 aliphatic heterocycles. The van der Waals surface area contributed by atoms with Gasteiger partial charge in [-0.2, -0.15) is 0 Å². The van der Waals surface area contributed by atoms with Crippen LogP contribution in [-0.2, 0) is 17.8 Å². The molecule has 5 rings (SSSR count). The van der Waals surface area contributed by atoms with E-state index in [1.807, 2.05) is 48.5 Å². The number of hydrogen-bond donors (Lipinski definition) is 0. The first-order valence-corrected chi connectivity index (χ1v) is 9.71. The van der Waals surface area contributed by atoms with Gasteiger partial charge in [-0.25, -0.2) is 4.99 Å². The average Bonchev–Trinajstić information content (AvgIpc) is 3.12. The molecule has 0 bridgehead atoms. The maximum atomic E-state index is 12.6. The Morgan fingerprint density at radius 3 is 2.64 bits per heavy atom. The lowest BCUT2D eigenvalue weighted by Crippen LogP contribution is -2.25. The summed E-state index contributed by atoms with van der Waals surface area (Å²) in [4.78, 5) is 18.9. The van der Waals surface area contributed by atoms with E-state index < -0.39 is 0 Å². The molecule has 6 heteroatoms. The summed E-state index contributed by atoms with van der Waals surface area (Å²) in [6, 6.07) is 15.6. The third kappa shape index (κ3) is 2.72. The Kier molecular flexibility index (Phi) is 4.04. The van der Waals surface area contributed by atoms with E-state index in [0.717, 1.165) is 47.1 Å². The number of carbonyl (C=O) groups is 1. The van der Waals surface area contributed by atoms with Crippen LogP contribution in [0.4, 0.5) is 11.4 Å². The SMILES string of the molecule is CN1C(=O)C(=Nc2ccc(-c3nnc4n3CCCCC4)cc2)c2ccccc21. The highest BCUT2D eigenvalue weighted by Gasteiger charge is 2.30. The average molecular weight is 371 g/mol. The van der Waals surface area contributed by atoms with Crippen molar-refractivity contribution in [3.05, 3.63) is 59.9 Å². The van der Waals surface area contributed by atoms with Crippen molar-refractivity contribution in [3.8, 4) is 11.4 Å². The molecule has 0 aliphatic carbocycles. The Balaban J connectivity index is 1.48. The lowest BCUT2D eigenvalue weighted by atomic mass is 10.1. The van der Waals surface area contributed by atoms with E-state index in [-0.39, 0.29) is 5.91 Å². The molecule has 140 valence electrons. The Bertz CT molecular complexity index is 1080. The number of rotatable bonds is 2. The second-order valence-electron chi connectivity index (χ2n) is 7.29. The van der Waals surface area contributed by atoms with E-state index >= 15 is 0 Å². The third-order valence-electron chi connectivity index (χ3n) is 5.50. The molecule has 2 aromatic carbocycles. The molecule has 0 radical (unpaired) electrons. The zero-order valence-corrected chi connectivity index (χ0v) is 15.8. The zero-order chi connectivity index (χ0) is 19.1. The minimum Gasteiger partial charge on any atom is -0.311 e. The largest absolute Gasteiger partial charge is 0.311 e. The van der Waals surface area contributed by atoms with Crippen LogP contribution in [0.1, 0.15) is 30.7 Å².